The lowest BCUT2D eigenvalue weighted by molar-refractivity contribution is 1.08. The zero-order chi connectivity index (χ0) is 44.3. The standard InChI is InChI=1S/C63H39N3S/c1-3-18-40(19-4-1)44-22-7-14-30-55(44)62-64-61(43-36-34-41(35-37-43)45-31-17-32-54-48-25-15-16-33-57(48)67-60(45)54)65-63(66-62)56-39-38-53(46-23-8-9-24-47(46)56)59-51-28-12-10-26-49(51)58(42-20-5-2-6-21-42)50-27-11-13-29-52(50)59/h1-39H. The molecule has 0 bridgehead atoms. The Balaban J connectivity index is 1.01. The van der Waals surface area contributed by atoms with Crippen molar-refractivity contribution in [1.29, 1.82) is 0 Å². The lowest BCUT2D eigenvalue weighted by Crippen LogP contribution is -2.02. The number of nitrogens with zero attached hydrogens (tertiary/aromatic N) is 3. The largest absolute Gasteiger partial charge is 0.208 e. The van der Waals surface area contributed by atoms with Crippen LogP contribution >= 0.6 is 11.3 Å². The zero-order valence-corrected chi connectivity index (χ0v) is 37.1. The second-order valence-corrected chi connectivity index (χ2v) is 18.0. The van der Waals surface area contributed by atoms with Gasteiger partial charge in [-0.25, -0.2) is 15.0 Å². The molecule has 0 aliphatic rings. The molecule has 0 unspecified atom stereocenters. The molecule has 0 aliphatic heterocycles. The van der Waals surface area contributed by atoms with E-state index in [2.05, 4.69) is 231 Å². The van der Waals surface area contributed by atoms with Crippen molar-refractivity contribution in [3.63, 3.8) is 0 Å². The third kappa shape index (κ3) is 6.61. The van der Waals surface area contributed by atoms with Crippen molar-refractivity contribution in [2.24, 2.45) is 0 Å². The molecule has 13 rings (SSSR count). The van der Waals surface area contributed by atoms with Crippen LogP contribution in [0.1, 0.15) is 0 Å². The molecule has 0 saturated carbocycles. The van der Waals surface area contributed by atoms with Crippen LogP contribution in [0.5, 0.6) is 0 Å². The Morgan fingerprint density at radius 3 is 1.33 bits per heavy atom. The van der Waals surface area contributed by atoms with Crippen molar-refractivity contribution < 1.29 is 0 Å². The maximum atomic E-state index is 5.38. The van der Waals surface area contributed by atoms with Gasteiger partial charge in [0.25, 0.3) is 0 Å². The predicted molar refractivity (Wildman–Crippen MR) is 283 cm³/mol. The minimum Gasteiger partial charge on any atom is -0.208 e. The van der Waals surface area contributed by atoms with Crippen LogP contribution in [-0.4, -0.2) is 15.0 Å². The van der Waals surface area contributed by atoms with Crippen molar-refractivity contribution in [2.75, 3.05) is 0 Å². The molecule has 2 aromatic heterocycles. The maximum absolute atomic E-state index is 5.38. The van der Waals surface area contributed by atoms with Gasteiger partial charge in [-0.05, 0) is 89.0 Å². The van der Waals surface area contributed by atoms with Crippen LogP contribution in [0.25, 0.3) is 131 Å². The quantitative estimate of drug-likeness (QED) is 0.150. The molecule has 0 radical (unpaired) electrons. The Kier molecular flexibility index (Phi) is 9.36. The first-order chi connectivity index (χ1) is 33.2. The first kappa shape index (κ1) is 38.9. The fourth-order valence-electron chi connectivity index (χ4n) is 10.1. The molecule has 312 valence electrons. The molecule has 2 heterocycles. The van der Waals surface area contributed by atoms with Gasteiger partial charge in [-0.2, -0.15) is 0 Å². The van der Waals surface area contributed by atoms with Gasteiger partial charge in [-0.3, -0.25) is 0 Å². The number of fused-ring (bicyclic) bond motifs is 6. The first-order valence-corrected chi connectivity index (χ1v) is 23.5. The Bertz CT molecular complexity index is 3970. The van der Waals surface area contributed by atoms with E-state index < -0.39 is 0 Å². The molecule has 67 heavy (non-hydrogen) atoms. The lowest BCUT2D eigenvalue weighted by Gasteiger charge is -2.19. The summed E-state index contributed by atoms with van der Waals surface area (Å²) >= 11 is 1.85. The van der Waals surface area contributed by atoms with E-state index in [9.17, 15) is 0 Å². The average molecular weight is 870 g/mol. The van der Waals surface area contributed by atoms with Crippen molar-refractivity contribution >= 4 is 63.8 Å². The first-order valence-electron chi connectivity index (χ1n) is 22.7. The highest BCUT2D eigenvalue weighted by Crippen LogP contribution is 2.47. The van der Waals surface area contributed by atoms with Crippen molar-refractivity contribution in [2.45, 2.75) is 0 Å². The molecule has 0 atom stereocenters. The van der Waals surface area contributed by atoms with Gasteiger partial charge in [-0.15, -0.1) is 11.3 Å². The molecule has 4 heteroatoms. The van der Waals surface area contributed by atoms with E-state index in [1.54, 1.807) is 0 Å². The minimum absolute atomic E-state index is 0.621. The van der Waals surface area contributed by atoms with Crippen LogP contribution < -0.4 is 0 Å². The van der Waals surface area contributed by atoms with Crippen molar-refractivity contribution in [3.05, 3.63) is 237 Å². The summed E-state index contributed by atoms with van der Waals surface area (Å²) in [7, 11) is 0. The number of benzene rings is 11. The molecule has 0 saturated heterocycles. The van der Waals surface area contributed by atoms with E-state index in [0.29, 0.717) is 17.5 Å². The highest BCUT2D eigenvalue weighted by atomic mass is 32.1. The number of hydrogen-bond donors (Lipinski definition) is 0. The molecule has 3 nitrogen and oxygen atoms in total. The topological polar surface area (TPSA) is 38.7 Å². The Hall–Kier alpha value is -8.57. The van der Waals surface area contributed by atoms with E-state index in [-0.39, 0.29) is 0 Å². The summed E-state index contributed by atoms with van der Waals surface area (Å²) in [5.41, 5.74) is 12.2. The smallest absolute Gasteiger partial charge is 0.164 e. The molecular formula is C63H39N3S. The van der Waals surface area contributed by atoms with E-state index in [0.717, 1.165) is 44.2 Å². The van der Waals surface area contributed by atoms with Gasteiger partial charge in [0.2, 0.25) is 0 Å². The Morgan fingerprint density at radius 2 is 0.657 bits per heavy atom. The van der Waals surface area contributed by atoms with E-state index in [1.807, 2.05) is 17.4 Å². The van der Waals surface area contributed by atoms with Crippen LogP contribution in [0, 0.1) is 0 Å². The Labute approximate surface area is 392 Å². The van der Waals surface area contributed by atoms with Gasteiger partial charge in [0.1, 0.15) is 0 Å². The fourth-order valence-corrected chi connectivity index (χ4v) is 11.4. The van der Waals surface area contributed by atoms with Gasteiger partial charge < -0.3 is 0 Å². The fraction of sp³-hybridized carbons (Fsp3) is 0. The van der Waals surface area contributed by atoms with Crippen molar-refractivity contribution in [3.8, 4) is 78.7 Å². The predicted octanol–water partition coefficient (Wildman–Crippen LogP) is 17.4. The summed E-state index contributed by atoms with van der Waals surface area (Å²) in [6.45, 7) is 0. The monoisotopic (exact) mass is 869 g/mol. The van der Waals surface area contributed by atoms with Crippen LogP contribution in [0.4, 0.5) is 0 Å². The molecule has 0 amide bonds. The number of aromatic nitrogens is 3. The van der Waals surface area contributed by atoms with Crippen LogP contribution in [0.2, 0.25) is 0 Å². The highest BCUT2D eigenvalue weighted by molar-refractivity contribution is 7.26. The lowest BCUT2D eigenvalue weighted by atomic mass is 9.84. The summed E-state index contributed by atoms with van der Waals surface area (Å²) in [5.74, 6) is 1.87. The summed E-state index contributed by atoms with van der Waals surface area (Å²) < 4.78 is 2.59. The third-order valence-electron chi connectivity index (χ3n) is 13.2. The summed E-state index contributed by atoms with van der Waals surface area (Å²) in [6, 6.07) is 84.6. The van der Waals surface area contributed by atoms with E-state index in [1.165, 1.54) is 69.5 Å². The molecule has 0 spiro atoms. The van der Waals surface area contributed by atoms with Gasteiger partial charge >= 0.3 is 0 Å². The maximum Gasteiger partial charge on any atom is 0.164 e. The van der Waals surface area contributed by atoms with E-state index >= 15 is 0 Å². The minimum atomic E-state index is 0.621. The number of rotatable bonds is 7. The molecular weight excluding hydrogens is 831 g/mol. The molecule has 0 N–H and O–H groups in total. The van der Waals surface area contributed by atoms with Gasteiger partial charge in [0.05, 0.1) is 0 Å². The highest BCUT2D eigenvalue weighted by Gasteiger charge is 2.22. The van der Waals surface area contributed by atoms with Gasteiger partial charge in [0.15, 0.2) is 17.5 Å². The van der Waals surface area contributed by atoms with Crippen LogP contribution in [-0.2, 0) is 0 Å². The summed E-state index contributed by atoms with van der Waals surface area (Å²) in [4.78, 5) is 16.0. The van der Waals surface area contributed by atoms with E-state index in [4.69, 9.17) is 15.0 Å². The van der Waals surface area contributed by atoms with Crippen LogP contribution in [0.15, 0.2) is 237 Å². The molecule has 0 fully saturated rings. The van der Waals surface area contributed by atoms with Gasteiger partial charge in [-0.1, -0.05) is 224 Å². The second kappa shape index (κ2) is 16.1. The molecule has 11 aromatic carbocycles. The normalized spacial score (nSPS) is 11.6. The summed E-state index contributed by atoms with van der Waals surface area (Å²) in [6.07, 6.45) is 0. The Morgan fingerprint density at radius 1 is 0.224 bits per heavy atom. The number of thiophene rings is 1. The van der Waals surface area contributed by atoms with Gasteiger partial charge in [0, 0.05) is 36.9 Å². The van der Waals surface area contributed by atoms with Crippen LogP contribution in [0.3, 0.4) is 0 Å². The molecule has 13 aromatic rings. The zero-order valence-electron chi connectivity index (χ0n) is 36.3. The SMILES string of the molecule is c1ccc(-c2ccccc2-c2nc(-c3ccc(-c4cccc5c4sc4ccccc45)cc3)nc(-c3ccc(-c4c5ccccc5c(-c5ccccc5)c5ccccc45)c4ccccc34)n2)cc1. The van der Waals surface area contributed by atoms with Crippen molar-refractivity contribution in [1.82, 2.24) is 15.0 Å². The average Bonchev–Trinajstić information content (AvgIpc) is 3.79. The summed E-state index contributed by atoms with van der Waals surface area (Å²) in [5, 5.41) is 9.68. The second-order valence-electron chi connectivity index (χ2n) is 17.0. The third-order valence-corrected chi connectivity index (χ3v) is 14.4. The molecule has 0 aliphatic carbocycles. The number of hydrogen-bond acceptors (Lipinski definition) is 4.